The second-order valence-electron chi connectivity index (χ2n) is 7.50. The number of rotatable bonds is 7. The van der Waals surface area contributed by atoms with Crippen LogP contribution in [0.3, 0.4) is 0 Å². The van der Waals surface area contributed by atoms with E-state index in [9.17, 15) is 9.18 Å². The smallest absolute Gasteiger partial charge is 0.225 e. The summed E-state index contributed by atoms with van der Waals surface area (Å²) < 4.78 is 15.3. The van der Waals surface area contributed by atoms with Crippen molar-refractivity contribution in [2.75, 3.05) is 0 Å². The summed E-state index contributed by atoms with van der Waals surface area (Å²) in [6, 6.07) is 21.4. The standard InChI is InChI=1S/C25H23ClFN3O/c1-2-21(28-24(31)15-17-9-13-20(27)14-10-17)25-29-22-5-3-4-6-23(22)30(25)16-18-7-11-19(26)12-8-18/h3-14,21H,2,15-16H2,1H3,(H,28,31). The van der Waals surface area contributed by atoms with Gasteiger partial charge < -0.3 is 9.88 Å². The highest BCUT2D eigenvalue weighted by atomic mass is 35.5. The lowest BCUT2D eigenvalue weighted by Crippen LogP contribution is -2.31. The number of benzene rings is 3. The molecule has 0 aliphatic carbocycles. The normalized spacial score (nSPS) is 12.1. The number of nitrogens with one attached hydrogen (secondary N) is 1. The van der Waals surface area contributed by atoms with Gasteiger partial charge in [0.1, 0.15) is 11.6 Å². The molecular formula is C25H23ClFN3O. The molecule has 1 aromatic heterocycles. The lowest BCUT2D eigenvalue weighted by Gasteiger charge is -2.19. The first-order valence-electron chi connectivity index (χ1n) is 10.3. The number of fused-ring (bicyclic) bond motifs is 1. The van der Waals surface area contributed by atoms with Crippen LogP contribution in [0.15, 0.2) is 72.8 Å². The molecule has 31 heavy (non-hydrogen) atoms. The van der Waals surface area contributed by atoms with Gasteiger partial charge in [0, 0.05) is 11.6 Å². The first-order valence-corrected chi connectivity index (χ1v) is 10.6. The van der Waals surface area contributed by atoms with Gasteiger partial charge in [-0.15, -0.1) is 0 Å². The Morgan fingerprint density at radius 1 is 1.03 bits per heavy atom. The lowest BCUT2D eigenvalue weighted by molar-refractivity contribution is -0.121. The van der Waals surface area contributed by atoms with Crippen molar-refractivity contribution >= 4 is 28.5 Å². The number of halogens is 2. The number of carbonyl (C=O) groups is 1. The van der Waals surface area contributed by atoms with E-state index in [0.29, 0.717) is 18.0 Å². The quantitative estimate of drug-likeness (QED) is 0.405. The molecule has 0 saturated heterocycles. The highest BCUT2D eigenvalue weighted by molar-refractivity contribution is 6.30. The van der Waals surface area contributed by atoms with E-state index in [0.717, 1.165) is 28.0 Å². The Balaban J connectivity index is 1.62. The SMILES string of the molecule is CCC(NC(=O)Cc1ccc(F)cc1)c1nc2ccccc2n1Cc1ccc(Cl)cc1. The second kappa shape index (κ2) is 9.31. The zero-order valence-corrected chi connectivity index (χ0v) is 17.9. The van der Waals surface area contributed by atoms with Gasteiger partial charge in [0.05, 0.1) is 23.5 Å². The summed E-state index contributed by atoms with van der Waals surface area (Å²) in [6.07, 6.45) is 0.882. The van der Waals surface area contributed by atoms with Crippen molar-refractivity contribution in [2.45, 2.75) is 32.4 Å². The molecule has 0 radical (unpaired) electrons. The van der Waals surface area contributed by atoms with Gasteiger partial charge in [-0.3, -0.25) is 4.79 Å². The highest BCUT2D eigenvalue weighted by Crippen LogP contribution is 2.25. The van der Waals surface area contributed by atoms with E-state index in [1.54, 1.807) is 12.1 Å². The second-order valence-corrected chi connectivity index (χ2v) is 7.94. The Kier molecular flexibility index (Phi) is 6.33. The molecule has 1 heterocycles. The third-order valence-electron chi connectivity index (χ3n) is 5.27. The van der Waals surface area contributed by atoms with Gasteiger partial charge >= 0.3 is 0 Å². The van der Waals surface area contributed by atoms with Gasteiger partial charge in [-0.25, -0.2) is 9.37 Å². The molecule has 158 valence electrons. The molecule has 1 atom stereocenters. The Bertz CT molecular complexity index is 1190. The molecule has 0 spiro atoms. The molecule has 0 aliphatic rings. The summed E-state index contributed by atoms with van der Waals surface area (Å²) in [5.41, 5.74) is 3.76. The number of hydrogen-bond donors (Lipinski definition) is 1. The highest BCUT2D eigenvalue weighted by Gasteiger charge is 2.21. The van der Waals surface area contributed by atoms with Crippen molar-refractivity contribution in [3.8, 4) is 0 Å². The first-order chi connectivity index (χ1) is 15.0. The van der Waals surface area contributed by atoms with Crippen LogP contribution >= 0.6 is 11.6 Å². The predicted octanol–water partition coefficient (Wildman–Crippen LogP) is 5.69. The maximum absolute atomic E-state index is 13.1. The Morgan fingerprint density at radius 2 is 1.71 bits per heavy atom. The van der Waals surface area contributed by atoms with Crippen molar-refractivity contribution in [1.29, 1.82) is 0 Å². The number of amides is 1. The van der Waals surface area contributed by atoms with Crippen molar-refractivity contribution in [2.24, 2.45) is 0 Å². The maximum Gasteiger partial charge on any atom is 0.225 e. The van der Waals surface area contributed by atoms with Crippen molar-refractivity contribution in [3.05, 3.63) is 101 Å². The van der Waals surface area contributed by atoms with E-state index in [2.05, 4.69) is 9.88 Å². The summed E-state index contributed by atoms with van der Waals surface area (Å²) in [5, 5.41) is 3.80. The fourth-order valence-electron chi connectivity index (χ4n) is 3.68. The number of para-hydroxylation sites is 2. The van der Waals surface area contributed by atoms with Crippen molar-refractivity contribution in [1.82, 2.24) is 14.9 Å². The molecule has 4 rings (SSSR count). The van der Waals surface area contributed by atoms with Gasteiger partial charge in [-0.1, -0.05) is 54.9 Å². The average Bonchev–Trinajstić information content (AvgIpc) is 3.13. The minimum Gasteiger partial charge on any atom is -0.346 e. The van der Waals surface area contributed by atoms with E-state index in [-0.39, 0.29) is 24.2 Å². The van der Waals surface area contributed by atoms with Crippen molar-refractivity contribution < 1.29 is 9.18 Å². The van der Waals surface area contributed by atoms with Crippen LogP contribution in [0.1, 0.15) is 36.3 Å². The average molecular weight is 436 g/mol. The summed E-state index contributed by atoms with van der Waals surface area (Å²) in [6.45, 7) is 2.65. The fourth-order valence-corrected chi connectivity index (χ4v) is 3.81. The predicted molar refractivity (Wildman–Crippen MR) is 122 cm³/mol. The maximum atomic E-state index is 13.1. The minimum atomic E-state index is -0.313. The minimum absolute atomic E-state index is 0.122. The molecule has 1 unspecified atom stereocenters. The number of nitrogens with zero attached hydrogens (tertiary/aromatic N) is 2. The zero-order chi connectivity index (χ0) is 21.8. The molecule has 0 saturated carbocycles. The molecule has 1 amide bonds. The number of hydrogen-bond acceptors (Lipinski definition) is 2. The topological polar surface area (TPSA) is 46.9 Å². The number of carbonyl (C=O) groups excluding carboxylic acids is 1. The van der Waals surface area contributed by atoms with E-state index in [4.69, 9.17) is 16.6 Å². The molecule has 6 heteroatoms. The van der Waals surface area contributed by atoms with Crippen LogP contribution in [-0.4, -0.2) is 15.5 Å². The molecule has 0 fully saturated rings. The molecule has 0 aliphatic heterocycles. The lowest BCUT2D eigenvalue weighted by atomic mass is 10.1. The fraction of sp³-hybridized carbons (Fsp3) is 0.200. The van der Waals surface area contributed by atoms with Crippen LogP contribution in [0.5, 0.6) is 0 Å². The van der Waals surface area contributed by atoms with E-state index < -0.39 is 0 Å². The largest absolute Gasteiger partial charge is 0.346 e. The van der Waals surface area contributed by atoms with Crippen LogP contribution in [-0.2, 0) is 17.8 Å². The summed E-state index contributed by atoms with van der Waals surface area (Å²) in [5.74, 6) is 0.376. The van der Waals surface area contributed by atoms with E-state index in [1.165, 1.54) is 12.1 Å². The van der Waals surface area contributed by atoms with Gasteiger partial charge in [-0.05, 0) is 53.9 Å². The van der Waals surface area contributed by atoms with Gasteiger partial charge in [0.25, 0.3) is 0 Å². The van der Waals surface area contributed by atoms with E-state index >= 15 is 0 Å². The molecule has 4 aromatic rings. The zero-order valence-electron chi connectivity index (χ0n) is 17.2. The molecule has 1 N–H and O–H groups in total. The molecule has 3 aromatic carbocycles. The third-order valence-corrected chi connectivity index (χ3v) is 5.52. The Morgan fingerprint density at radius 3 is 2.42 bits per heavy atom. The van der Waals surface area contributed by atoms with Crippen LogP contribution in [0.25, 0.3) is 11.0 Å². The van der Waals surface area contributed by atoms with E-state index in [1.807, 2.05) is 55.5 Å². The first kappa shape index (κ1) is 21.1. The van der Waals surface area contributed by atoms with Crippen LogP contribution in [0.2, 0.25) is 5.02 Å². The third kappa shape index (κ3) is 4.94. The Labute approximate surface area is 185 Å². The molecule has 0 bridgehead atoms. The van der Waals surface area contributed by atoms with Gasteiger partial charge in [-0.2, -0.15) is 0 Å². The van der Waals surface area contributed by atoms with Crippen LogP contribution in [0, 0.1) is 5.82 Å². The van der Waals surface area contributed by atoms with Gasteiger partial charge in [0.15, 0.2) is 0 Å². The summed E-state index contributed by atoms with van der Waals surface area (Å²) >= 11 is 6.04. The van der Waals surface area contributed by atoms with Crippen molar-refractivity contribution in [3.63, 3.8) is 0 Å². The summed E-state index contributed by atoms with van der Waals surface area (Å²) in [4.78, 5) is 17.5. The van der Waals surface area contributed by atoms with Crippen LogP contribution in [0.4, 0.5) is 4.39 Å². The van der Waals surface area contributed by atoms with Gasteiger partial charge in [0.2, 0.25) is 5.91 Å². The van der Waals surface area contributed by atoms with Crippen LogP contribution < -0.4 is 5.32 Å². The monoisotopic (exact) mass is 435 g/mol. The molecule has 4 nitrogen and oxygen atoms in total. The number of imidazole rings is 1. The Hall–Kier alpha value is -3.18. The molecular weight excluding hydrogens is 413 g/mol. The summed E-state index contributed by atoms with van der Waals surface area (Å²) in [7, 11) is 0. The number of aromatic nitrogens is 2.